The van der Waals surface area contributed by atoms with Crippen molar-refractivity contribution in [2.75, 3.05) is 0 Å². The van der Waals surface area contributed by atoms with Crippen molar-refractivity contribution in [2.45, 2.75) is 0 Å². The van der Waals surface area contributed by atoms with Crippen LogP contribution in [0.3, 0.4) is 0 Å². The molecule has 128 heavy (non-hydrogen) atoms. The minimum absolute atomic E-state index is 0.927. The molecule has 7 heterocycles. The van der Waals surface area contributed by atoms with Crippen LogP contribution in [0.5, 0.6) is 0 Å². The molecule has 7 aromatic heterocycles. The molecule has 0 saturated carbocycles. The van der Waals surface area contributed by atoms with E-state index >= 15 is 0 Å². The number of para-hydroxylation sites is 5. The molecule has 0 amide bonds. The summed E-state index contributed by atoms with van der Waals surface area (Å²) >= 11 is 0. The molecule has 27 rings (SSSR count). The van der Waals surface area contributed by atoms with E-state index in [0.717, 1.165) is 122 Å². The zero-order chi connectivity index (χ0) is 83.8. The van der Waals surface area contributed by atoms with E-state index in [4.69, 9.17) is 15.0 Å². The van der Waals surface area contributed by atoms with Crippen LogP contribution in [0.4, 0.5) is 0 Å². The zero-order valence-corrected chi connectivity index (χ0v) is 69.3. The van der Waals surface area contributed by atoms with Gasteiger partial charge in [-0.2, -0.15) is 0 Å². The highest BCUT2D eigenvalue weighted by Gasteiger charge is 2.27. The molecule has 27 aromatic rings. The maximum atomic E-state index is 5.54. The Morgan fingerprint density at radius 3 is 0.977 bits per heavy atom. The van der Waals surface area contributed by atoms with Crippen LogP contribution in [0.2, 0.25) is 0 Å². The Labute approximate surface area is 735 Å². The second kappa shape index (κ2) is 28.2. The Balaban J connectivity index is 0.509. The average molecular weight is 1620 g/mol. The van der Waals surface area contributed by atoms with Crippen molar-refractivity contribution in [3.63, 3.8) is 0 Å². The molecule has 0 aliphatic carbocycles. The Hall–Kier alpha value is -17.1. The fraction of sp³-hybridized carbons (Fsp3) is 0. The summed E-state index contributed by atoms with van der Waals surface area (Å²) in [5.74, 6) is 0. The molecular formula is C121H73N7. The molecule has 0 aliphatic heterocycles. The van der Waals surface area contributed by atoms with Gasteiger partial charge in [0, 0.05) is 107 Å². The normalized spacial score (nSPS) is 12.1. The second-order valence-corrected chi connectivity index (χ2v) is 34.0. The van der Waals surface area contributed by atoms with Crippen LogP contribution in [-0.4, -0.2) is 33.1 Å². The predicted molar refractivity (Wildman–Crippen MR) is 537 cm³/mol. The van der Waals surface area contributed by atoms with Crippen molar-refractivity contribution in [1.82, 2.24) is 33.1 Å². The fourth-order valence-corrected chi connectivity index (χ4v) is 21.8. The summed E-state index contributed by atoms with van der Waals surface area (Å²) < 4.78 is 9.37. The first-order chi connectivity index (χ1) is 63.5. The largest absolute Gasteiger partial charge is 0.309 e. The molecule has 592 valence electrons. The van der Waals surface area contributed by atoms with Gasteiger partial charge in [0.2, 0.25) is 0 Å². The highest BCUT2D eigenvalue weighted by molar-refractivity contribution is 6.26. The highest BCUT2D eigenvalue weighted by Crippen LogP contribution is 2.51. The molecule has 20 aromatic carbocycles. The van der Waals surface area contributed by atoms with E-state index in [1.165, 1.54) is 141 Å². The third kappa shape index (κ3) is 10.8. The number of aromatic nitrogens is 7. The molecule has 0 N–H and O–H groups in total. The lowest BCUT2D eigenvalue weighted by atomic mass is 9.86. The molecule has 0 aliphatic rings. The van der Waals surface area contributed by atoms with E-state index in [1.807, 2.05) is 6.07 Å². The van der Waals surface area contributed by atoms with Gasteiger partial charge in [-0.1, -0.05) is 315 Å². The molecule has 0 bridgehead atoms. The van der Waals surface area contributed by atoms with E-state index in [1.54, 1.807) is 0 Å². The number of nitrogens with zero attached hydrogens (tertiary/aromatic N) is 7. The Morgan fingerprint density at radius 1 is 0.203 bits per heavy atom. The van der Waals surface area contributed by atoms with Crippen LogP contribution in [0, 0.1) is 0 Å². The number of benzene rings is 20. The van der Waals surface area contributed by atoms with Crippen LogP contribution >= 0.6 is 0 Å². The maximum Gasteiger partial charge on any atom is 0.137 e. The molecule has 0 unspecified atom stereocenters. The number of pyridine rings is 3. The van der Waals surface area contributed by atoms with Gasteiger partial charge in [0.1, 0.15) is 5.65 Å². The van der Waals surface area contributed by atoms with Gasteiger partial charge in [-0.3, -0.25) is 9.97 Å². The van der Waals surface area contributed by atoms with Crippen molar-refractivity contribution >= 4 is 158 Å². The van der Waals surface area contributed by atoms with Crippen LogP contribution in [0.15, 0.2) is 443 Å². The summed E-state index contributed by atoms with van der Waals surface area (Å²) in [6.07, 6.45) is 8.42. The Bertz CT molecular complexity index is 9130. The van der Waals surface area contributed by atoms with Crippen molar-refractivity contribution in [3.05, 3.63) is 443 Å². The van der Waals surface area contributed by atoms with Gasteiger partial charge in [-0.25, -0.2) is 4.98 Å². The lowest BCUT2D eigenvalue weighted by Crippen LogP contribution is -1.95. The van der Waals surface area contributed by atoms with E-state index in [2.05, 4.69) is 455 Å². The van der Waals surface area contributed by atoms with Gasteiger partial charge in [0.25, 0.3) is 0 Å². The minimum atomic E-state index is 0.927. The lowest BCUT2D eigenvalue weighted by Gasteiger charge is -2.18. The molecule has 7 heteroatoms. The summed E-state index contributed by atoms with van der Waals surface area (Å²) in [5.41, 5.74) is 31.4. The van der Waals surface area contributed by atoms with E-state index in [-0.39, 0.29) is 0 Å². The van der Waals surface area contributed by atoms with Crippen molar-refractivity contribution in [1.29, 1.82) is 0 Å². The van der Waals surface area contributed by atoms with Gasteiger partial charge in [-0.15, -0.1) is 0 Å². The highest BCUT2D eigenvalue weighted by atomic mass is 15.0. The van der Waals surface area contributed by atoms with E-state index in [0.29, 0.717) is 0 Å². The molecular weight excluding hydrogens is 1550 g/mol. The standard InChI is InChI=1S/C121H73N7/c1-5-33-92-88(29-1)113(74-55-61-82(62-56-74)126-106-46-17-13-27-86(106)87-28-14-18-47-107(87)126)89-30-2-6-34-93(89)116(92)80-68-78-54-53-77(70-104(78)122-71-80)85-43-24-50-110-119(85)102-41-15-19-48-108(102)127(110)83-63-57-75(58-64-83)114-90-31-3-7-35-94(90)117(95-36-8-4-32-91(95)114)81-69-79-26-23-45-101(121(79)123-72-81)100-44-25-51-111-120(100)103-42-16-20-49-109(103)128(111)84-65-59-76(60-66-84)115-96-37-9-11-39-98(96)118(99-40-12-10-38-97(99)115)105-73-125-67-22-21-52-112(125)124-105/h1-73H. The van der Waals surface area contributed by atoms with Crippen LogP contribution in [0.1, 0.15) is 0 Å². The summed E-state index contributed by atoms with van der Waals surface area (Å²) in [5, 5.41) is 23.7. The van der Waals surface area contributed by atoms with E-state index in [9.17, 15) is 0 Å². The lowest BCUT2D eigenvalue weighted by molar-refractivity contribution is 1.18. The molecule has 7 nitrogen and oxygen atoms in total. The van der Waals surface area contributed by atoms with Crippen molar-refractivity contribution < 1.29 is 0 Å². The van der Waals surface area contributed by atoms with Gasteiger partial charge >= 0.3 is 0 Å². The third-order valence-corrected chi connectivity index (χ3v) is 27.2. The monoisotopic (exact) mass is 1620 g/mol. The fourth-order valence-electron chi connectivity index (χ4n) is 21.8. The second-order valence-electron chi connectivity index (χ2n) is 34.0. The SMILES string of the molecule is c1cc(-c2cccc3c2c2ccccc2n3-c2ccc(-c3c4ccccc4c(-c4cn5ccccc5n4)c4ccccc34)cc2)c2ncc(-c3c4ccccc4c(-c4ccc(-n5c6ccccc6c6c(-c7ccc8cc(-c9c%10ccccc%10c(-c%10ccc(-n%11c%12ccccc%12c%12ccccc%12%11)cc%10)c%10ccccc9%10)cnc8c7)cccc65)cc4)c4ccccc34)cc2c1. The first kappa shape index (κ1) is 71.4. The minimum Gasteiger partial charge on any atom is -0.309 e. The summed E-state index contributed by atoms with van der Waals surface area (Å²) in [6.45, 7) is 0. The number of hydrogen-bond donors (Lipinski definition) is 0. The topological polar surface area (TPSA) is 57.9 Å². The number of hydrogen-bond acceptors (Lipinski definition) is 3. The number of rotatable bonds is 11. The third-order valence-electron chi connectivity index (χ3n) is 27.2. The van der Waals surface area contributed by atoms with Crippen molar-refractivity contribution in [3.8, 4) is 106 Å². The zero-order valence-electron chi connectivity index (χ0n) is 69.3. The van der Waals surface area contributed by atoms with Crippen LogP contribution < -0.4 is 0 Å². The van der Waals surface area contributed by atoms with Gasteiger partial charge in [0.15, 0.2) is 0 Å². The maximum absolute atomic E-state index is 5.54. The molecule has 0 saturated heterocycles. The summed E-state index contributed by atoms with van der Waals surface area (Å²) in [4.78, 5) is 16.1. The van der Waals surface area contributed by atoms with Gasteiger partial charge in [-0.05, 0) is 229 Å². The first-order valence-electron chi connectivity index (χ1n) is 43.9. The van der Waals surface area contributed by atoms with Gasteiger partial charge < -0.3 is 18.1 Å². The van der Waals surface area contributed by atoms with Gasteiger partial charge in [0.05, 0.1) is 49.8 Å². The van der Waals surface area contributed by atoms with Crippen LogP contribution in [0.25, 0.3) is 264 Å². The molecule has 0 radical (unpaired) electrons. The van der Waals surface area contributed by atoms with Crippen molar-refractivity contribution in [2.24, 2.45) is 0 Å². The Morgan fingerprint density at radius 2 is 0.531 bits per heavy atom. The smallest absolute Gasteiger partial charge is 0.137 e. The molecule has 0 fully saturated rings. The predicted octanol–water partition coefficient (Wildman–Crippen LogP) is 32.0. The molecule has 0 spiro atoms. The molecule has 0 atom stereocenters. The van der Waals surface area contributed by atoms with E-state index < -0.39 is 0 Å². The quantitative estimate of drug-likeness (QED) is 0.121. The summed E-state index contributed by atoms with van der Waals surface area (Å²) in [6, 6.07) is 154. The number of imidazole rings is 1. The average Bonchev–Trinajstić information content (AvgIpc) is 1.21. The Kier molecular flexibility index (Phi) is 15.7. The van der Waals surface area contributed by atoms with Crippen LogP contribution in [-0.2, 0) is 0 Å². The first-order valence-corrected chi connectivity index (χ1v) is 43.9. The summed E-state index contributed by atoms with van der Waals surface area (Å²) in [7, 11) is 0. The number of fused-ring (bicyclic) bond motifs is 18.